The Morgan fingerprint density at radius 3 is 2.45 bits per heavy atom. The average Bonchev–Trinajstić information content (AvgIpc) is 4.04. The topological polar surface area (TPSA) is 169 Å². The number of thiazole rings is 1. The maximum Gasteiger partial charge on any atom is 0.259 e. The number of fused-ring (bicyclic) bond motifs is 1. The first kappa shape index (κ1) is 45.2. The standard InChI is InChI=1S/C39H42Cl2N6O7S2.2ClH/c1-6-22-17-39(22,36(50)46-56(51,52)26-11-12-26)45-33(48)30-16-25(54-34-28-15-24(41)10-13-27(28)31(53-5)18-42-34)19-47(30)35(49)32(38(2,3)4)44-37-43-29(20-55-37)21-8-7-9-23(40)14-21;;/h6-10,13-15,18,20,22,25-26,30,32H,1,11-12,16-17,19H2,2-5H3,(H,43,44)(H,45,48)(H,46,50);2*1H/t22-,25-,30+,32-,39-;;/m1../s1. The van der Waals surface area contributed by atoms with E-state index in [-0.39, 0.29) is 50.1 Å². The van der Waals surface area contributed by atoms with Crippen LogP contribution in [-0.4, -0.2) is 83.6 Å². The highest BCUT2D eigenvalue weighted by Crippen LogP contribution is 2.46. The number of likely N-dealkylation sites (tertiary alicyclic amines) is 1. The van der Waals surface area contributed by atoms with E-state index in [9.17, 15) is 22.8 Å². The van der Waals surface area contributed by atoms with Crippen molar-refractivity contribution >= 4 is 103 Å². The molecule has 3 heterocycles. The number of benzene rings is 2. The minimum Gasteiger partial charge on any atom is -0.494 e. The number of anilines is 1. The van der Waals surface area contributed by atoms with Gasteiger partial charge in [-0.25, -0.2) is 18.4 Å². The van der Waals surface area contributed by atoms with Crippen LogP contribution in [0.4, 0.5) is 5.13 Å². The summed E-state index contributed by atoms with van der Waals surface area (Å²) < 4.78 is 39.7. The third-order valence-electron chi connectivity index (χ3n) is 10.4. The smallest absolute Gasteiger partial charge is 0.259 e. The fourth-order valence-electron chi connectivity index (χ4n) is 7.03. The zero-order chi connectivity index (χ0) is 40.2. The van der Waals surface area contributed by atoms with Crippen LogP contribution < -0.4 is 24.8 Å². The second-order valence-electron chi connectivity index (χ2n) is 15.5. The number of nitrogens with one attached hydrogen (secondary N) is 3. The summed E-state index contributed by atoms with van der Waals surface area (Å²) in [5.74, 6) is -1.62. The van der Waals surface area contributed by atoms with Gasteiger partial charge < -0.3 is 25.0 Å². The number of pyridine rings is 1. The second kappa shape index (κ2) is 17.4. The molecule has 13 nitrogen and oxygen atoms in total. The molecule has 2 saturated carbocycles. The molecule has 0 unspecified atom stereocenters. The zero-order valence-corrected chi connectivity index (χ0v) is 36.8. The SMILES string of the molecule is C=C[C@@H]1C[C@]1(NC(=O)[C@@H]1C[C@@H](Oc2ncc(OC)c3ccc(Cl)cc23)CN1C(=O)[C@@H](Nc1nc(-c2cccc(Cl)c2)cs1)C(C)(C)C)C(=O)NS(=O)(=O)C1CC1.Cl.Cl. The van der Waals surface area contributed by atoms with Gasteiger partial charge in [0.15, 0.2) is 5.13 Å². The number of aromatic nitrogens is 2. The molecule has 3 aliphatic rings. The minimum atomic E-state index is -3.90. The molecule has 19 heteroatoms. The Balaban J connectivity index is 0.00000320. The number of halogens is 4. The van der Waals surface area contributed by atoms with Crippen molar-refractivity contribution in [1.29, 1.82) is 0 Å². The van der Waals surface area contributed by atoms with Crippen LogP contribution in [0.3, 0.4) is 0 Å². The molecule has 3 N–H and O–H groups in total. The Morgan fingerprint density at radius 1 is 1.09 bits per heavy atom. The van der Waals surface area contributed by atoms with Crippen molar-refractivity contribution in [2.75, 3.05) is 19.0 Å². The molecule has 1 aliphatic heterocycles. The number of ether oxygens (including phenoxy) is 2. The third kappa shape index (κ3) is 9.29. The quantitative estimate of drug-likeness (QED) is 0.118. The molecule has 2 aliphatic carbocycles. The van der Waals surface area contributed by atoms with E-state index in [1.54, 1.807) is 30.3 Å². The molecule has 58 heavy (non-hydrogen) atoms. The Kier molecular flexibility index (Phi) is 13.6. The Bertz CT molecular complexity index is 2340. The summed E-state index contributed by atoms with van der Waals surface area (Å²) in [6.07, 6.45) is 3.44. The summed E-state index contributed by atoms with van der Waals surface area (Å²) in [5, 5.41) is 10.2. The van der Waals surface area contributed by atoms with Crippen molar-refractivity contribution in [3.63, 3.8) is 0 Å². The maximum absolute atomic E-state index is 14.8. The van der Waals surface area contributed by atoms with E-state index in [4.69, 9.17) is 37.7 Å². The lowest BCUT2D eigenvalue weighted by molar-refractivity contribution is -0.141. The number of sulfonamides is 1. The number of carbonyl (C=O) groups excluding carboxylic acids is 3. The Hall–Kier alpha value is -3.86. The van der Waals surface area contributed by atoms with Gasteiger partial charge in [0.05, 0.1) is 30.8 Å². The van der Waals surface area contributed by atoms with Crippen molar-refractivity contribution in [3.05, 3.63) is 76.7 Å². The highest BCUT2D eigenvalue weighted by Gasteiger charge is 2.62. The first-order valence-corrected chi connectivity index (χ1v) is 21.3. The highest BCUT2D eigenvalue weighted by atomic mass is 35.5. The number of rotatable bonds is 13. The number of methoxy groups -OCH3 is 1. The molecule has 4 aromatic rings. The lowest BCUT2D eigenvalue weighted by atomic mass is 9.85. The first-order valence-electron chi connectivity index (χ1n) is 18.1. The van der Waals surface area contributed by atoms with Gasteiger partial charge in [-0.15, -0.1) is 42.7 Å². The van der Waals surface area contributed by atoms with Crippen LogP contribution in [-0.2, 0) is 24.4 Å². The van der Waals surface area contributed by atoms with E-state index in [0.29, 0.717) is 50.2 Å². The van der Waals surface area contributed by atoms with Gasteiger partial charge in [0.2, 0.25) is 27.7 Å². The molecule has 2 aromatic heterocycles. The summed E-state index contributed by atoms with van der Waals surface area (Å²) >= 11 is 13.9. The molecule has 7 rings (SSSR count). The number of hydrogen-bond acceptors (Lipinski definition) is 11. The maximum atomic E-state index is 14.8. The van der Waals surface area contributed by atoms with Crippen LogP contribution >= 0.6 is 59.4 Å². The van der Waals surface area contributed by atoms with E-state index >= 15 is 0 Å². The molecular formula is C39H44Cl4N6O7S2. The largest absolute Gasteiger partial charge is 0.494 e. The Morgan fingerprint density at radius 2 is 1.81 bits per heavy atom. The highest BCUT2D eigenvalue weighted by molar-refractivity contribution is 7.91. The van der Waals surface area contributed by atoms with Gasteiger partial charge in [0.25, 0.3) is 5.91 Å². The van der Waals surface area contributed by atoms with E-state index in [1.807, 2.05) is 38.3 Å². The van der Waals surface area contributed by atoms with Crippen molar-refractivity contribution < 1.29 is 32.3 Å². The summed E-state index contributed by atoms with van der Waals surface area (Å²) in [5.41, 5.74) is -0.719. The van der Waals surface area contributed by atoms with Gasteiger partial charge in [-0.2, -0.15) is 0 Å². The van der Waals surface area contributed by atoms with Gasteiger partial charge in [-0.3, -0.25) is 19.1 Å². The number of carbonyl (C=O) groups is 3. The van der Waals surface area contributed by atoms with Crippen molar-refractivity contribution in [2.45, 2.75) is 75.4 Å². The zero-order valence-electron chi connectivity index (χ0n) is 32.0. The average molecular weight is 915 g/mol. The lowest BCUT2D eigenvalue weighted by Gasteiger charge is -2.35. The van der Waals surface area contributed by atoms with Crippen molar-refractivity contribution in [1.82, 2.24) is 24.9 Å². The minimum absolute atomic E-state index is 0. The van der Waals surface area contributed by atoms with Crippen LogP contribution in [0.15, 0.2) is 66.7 Å². The van der Waals surface area contributed by atoms with Gasteiger partial charge in [0, 0.05) is 44.1 Å². The molecule has 312 valence electrons. The molecule has 0 spiro atoms. The predicted octanol–water partition coefficient (Wildman–Crippen LogP) is 7.06. The van der Waals surface area contributed by atoms with Gasteiger partial charge >= 0.3 is 0 Å². The summed E-state index contributed by atoms with van der Waals surface area (Å²) in [6.45, 7) is 9.51. The fourth-order valence-corrected chi connectivity index (χ4v) is 9.51. The van der Waals surface area contributed by atoms with E-state index in [0.717, 1.165) is 5.56 Å². The van der Waals surface area contributed by atoms with E-state index in [2.05, 4.69) is 26.9 Å². The van der Waals surface area contributed by atoms with E-state index in [1.165, 1.54) is 35.6 Å². The number of nitrogens with zero attached hydrogens (tertiary/aromatic N) is 3. The van der Waals surface area contributed by atoms with Crippen LogP contribution in [0.2, 0.25) is 10.0 Å². The van der Waals surface area contributed by atoms with Crippen molar-refractivity contribution in [2.24, 2.45) is 11.3 Å². The van der Waals surface area contributed by atoms with Gasteiger partial charge in [0.1, 0.15) is 29.5 Å². The van der Waals surface area contributed by atoms with Gasteiger partial charge in [-0.1, -0.05) is 62.2 Å². The summed E-state index contributed by atoms with van der Waals surface area (Å²) in [7, 11) is -2.37. The third-order valence-corrected chi connectivity index (χ3v) is 13.4. The predicted molar refractivity (Wildman–Crippen MR) is 231 cm³/mol. The van der Waals surface area contributed by atoms with Crippen LogP contribution in [0, 0.1) is 11.3 Å². The van der Waals surface area contributed by atoms with Crippen LogP contribution in [0.25, 0.3) is 22.0 Å². The molecule has 3 amide bonds. The number of amides is 3. The Labute approximate surface area is 363 Å². The molecular weight excluding hydrogens is 870 g/mol. The lowest BCUT2D eigenvalue weighted by Crippen LogP contribution is -2.58. The molecule has 2 aromatic carbocycles. The first-order chi connectivity index (χ1) is 26.5. The molecule has 1 saturated heterocycles. The molecule has 3 fully saturated rings. The van der Waals surface area contributed by atoms with Crippen molar-refractivity contribution in [3.8, 4) is 22.9 Å². The van der Waals surface area contributed by atoms with E-state index < -0.39 is 68.1 Å². The second-order valence-corrected chi connectivity index (χ2v) is 19.2. The summed E-state index contributed by atoms with van der Waals surface area (Å²) in [6, 6.07) is 10.6. The molecule has 0 radical (unpaired) electrons. The van der Waals surface area contributed by atoms with Gasteiger partial charge in [-0.05, 0) is 55.0 Å². The summed E-state index contributed by atoms with van der Waals surface area (Å²) in [4.78, 5) is 53.5. The van der Waals surface area contributed by atoms with Crippen LogP contribution in [0.1, 0.15) is 46.5 Å². The molecule has 0 bridgehead atoms. The monoisotopic (exact) mass is 912 g/mol. The number of hydrogen-bond donors (Lipinski definition) is 3. The fraction of sp³-hybridized carbons (Fsp3) is 0.410. The normalized spacial score (nSPS) is 21.8. The molecule has 5 atom stereocenters. The van der Waals surface area contributed by atoms with Crippen LogP contribution in [0.5, 0.6) is 11.6 Å².